The Labute approximate surface area is 59.9 Å². The summed E-state index contributed by atoms with van der Waals surface area (Å²) < 4.78 is 0. The molecule has 0 aromatic heterocycles. The fourth-order valence-electron chi connectivity index (χ4n) is 1.06. The quantitative estimate of drug-likeness (QED) is 0.485. The molecule has 0 aromatic rings. The summed E-state index contributed by atoms with van der Waals surface area (Å²) in [4.78, 5) is 6.05. The Morgan fingerprint density at radius 1 is 1.20 bits per heavy atom. The van der Waals surface area contributed by atoms with Crippen LogP contribution in [-0.2, 0) is 0 Å². The first kappa shape index (κ1) is 5.47. The van der Waals surface area contributed by atoms with Gasteiger partial charge in [-0.3, -0.25) is 0 Å². The van der Waals surface area contributed by atoms with Crippen molar-refractivity contribution < 1.29 is 0 Å². The van der Waals surface area contributed by atoms with Crippen LogP contribution in [0, 0.1) is 0 Å². The van der Waals surface area contributed by atoms with E-state index in [0.717, 1.165) is 0 Å². The summed E-state index contributed by atoms with van der Waals surface area (Å²) >= 11 is 0. The van der Waals surface area contributed by atoms with Crippen LogP contribution in [0.5, 0.6) is 0 Å². The molecule has 0 saturated heterocycles. The minimum atomic E-state index is 0.391. The zero-order valence-corrected chi connectivity index (χ0v) is 5.51. The van der Waals surface area contributed by atoms with E-state index >= 15 is 0 Å². The summed E-state index contributed by atoms with van der Waals surface area (Å²) in [5.41, 5.74) is 0. The molecule has 2 heteroatoms. The second-order valence-corrected chi connectivity index (χ2v) is 2.27. The number of fused-ring (bicyclic) bond motifs is 1. The summed E-state index contributed by atoms with van der Waals surface area (Å²) in [5, 5.41) is 0. The molecule has 2 aliphatic heterocycles. The van der Waals surface area contributed by atoms with Crippen LogP contribution in [-0.4, -0.2) is 17.3 Å². The van der Waals surface area contributed by atoms with E-state index in [9.17, 15) is 0 Å². The maximum atomic E-state index is 4.00. The van der Waals surface area contributed by atoms with Gasteiger partial charge in [0.2, 0.25) is 0 Å². The van der Waals surface area contributed by atoms with Gasteiger partial charge < -0.3 is 4.90 Å². The van der Waals surface area contributed by atoms with E-state index in [0.29, 0.717) is 6.04 Å². The Balaban J connectivity index is 2.28. The molecule has 2 nitrogen and oxygen atoms in total. The van der Waals surface area contributed by atoms with Crippen LogP contribution < -0.4 is 0 Å². The predicted octanol–water partition coefficient (Wildman–Crippen LogP) is 1.30. The van der Waals surface area contributed by atoms with Gasteiger partial charge in [-0.25, -0.2) is 4.99 Å². The van der Waals surface area contributed by atoms with E-state index in [-0.39, 0.29) is 0 Å². The Bertz CT molecular complexity index is 186. The Morgan fingerprint density at radius 2 is 2.20 bits per heavy atom. The van der Waals surface area contributed by atoms with Crippen LogP contribution in [0.1, 0.15) is 0 Å². The van der Waals surface area contributed by atoms with Crippen molar-refractivity contribution in [2.75, 3.05) is 0 Å². The van der Waals surface area contributed by atoms with Crippen LogP contribution in [0.3, 0.4) is 0 Å². The van der Waals surface area contributed by atoms with Crippen LogP contribution in [0.25, 0.3) is 0 Å². The summed E-state index contributed by atoms with van der Waals surface area (Å²) in [7, 11) is 0. The number of allylic oxidation sites excluding steroid dienone is 2. The number of hydrogen-bond acceptors (Lipinski definition) is 2. The lowest BCUT2D eigenvalue weighted by Crippen LogP contribution is -2.28. The fraction of sp³-hybridized carbons (Fsp3) is 0.125. The van der Waals surface area contributed by atoms with Crippen molar-refractivity contribution in [1.82, 2.24) is 4.90 Å². The molecule has 0 bridgehead atoms. The molecule has 10 heavy (non-hydrogen) atoms. The van der Waals surface area contributed by atoms with Gasteiger partial charge >= 0.3 is 0 Å². The highest BCUT2D eigenvalue weighted by Gasteiger charge is 2.10. The molecule has 0 amide bonds. The summed E-state index contributed by atoms with van der Waals surface area (Å²) in [6, 6.07) is 0.391. The lowest BCUT2D eigenvalue weighted by molar-refractivity contribution is 0.537. The first-order chi connectivity index (χ1) is 4.97. The zero-order chi connectivity index (χ0) is 6.81. The number of hydrogen-bond donors (Lipinski definition) is 0. The van der Waals surface area contributed by atoms with E-state index in [4.69, 9.17) is 0 Å². The van der Waals surface area contributed by atoms with Crippen LogP contribution in [0.2, 0.25) is 0 Å². The molecule has 0 spiro atoms. The topological polar surface area (TPSA) is 15.6 Å². The molecule has 0 radical (unpaired) electrons. The standard InChI is InChI=1S/C8H8N2/c1-2-6-10-7-9-5-4-8(10)3-1/h1-8H. The Morgan fingerprint density at radius 3 is 3.10 bits per heavy atom. The van der Waals surface area contributed by atoms with Gasteiger partial charge in [-0.15, -0.1) is 0 Å². The zero-order valence-electron chi connectivity index (χ0n) is 5.51. The largest absolute Gasteiger partial charge is 0.329 e. The van der Waals surface area contributed by atoms with Crippen LogP contribution in [0.4, 0.5) is 0 Å². The molecule has 0 aliphatic carbocycles. The van der Waals surface area contributed by atoms with Crippen molar-refractivity contribution in [3.63, 3.8) is 0 Å². The van der Waals surface area contributed by atoms with Gasteiger partial charge in [0.05, 0.1) is 12.4 Å². The average molecular weight is 132 g/mol. The second-order valence-electron chi connectivity index (χ2n) is 2.27. The highest BCUT2D eigenvalue weighted by Crippen LogP contribution is 2.10. The van der Waals surface area contributed by atoms with Crippen LogP contribution >= 0.6 is 0 Å². The number of nitrogens with zero attached hydrogens (tertiary/aromatic N) is 2. The molecule has 2 heterocycles. The molecule has 0 saturated carbocycles. The van der Waals surface area contributed by atoms with Crippen molar-refractivity contribution >= 4 is 6.34 Å². The molecule has 0 N–H and O–H groups in total. The van der Waals surface area contributed by atoms with Crippen molar-refractivity contribution in [2.24, 2.45) is 4.99 Å². The van der Waals surface area contributed by atoms with Gasteiger partial charge in [-0.05, 0) is 12.2 Å². The third kappa shape index (κ3) is 0.778. The molecule has 0 fully saturated rings. The predicted molar refractivity (Wildman–Crippen MR) is 41.5 cm³/mol. The molecule has 2 rings (SSSR count). The maximum Gasteiger partial charge on any atom is 0.0952 e. The third-order valence-corrected chi connectivity index (χ3v) is 1.59. The van der Waals surface area contributed by atoms with E-state index in [2.05, 4.69) is 22.0 Å². The lowest BCUT2D eigenvalue weighted by atomic mass is 10.2. The number of rotatable bonds is 0. The van der Waals surface area contributed by atoms with E-state index in [1.165, 1.54) is 0 Å². The molecule has 0 aromatic carbocycles. The normalized spacial score (nSPS) is 27.2. The first-order valence-electron chi connectivity index (χ1n) is 3.29. The van der Waals surface area contributed by atoms with E-state index in [1.807, 2.05) is 30.9 Å². The molecule has 50 valence electrons. The van der Waals surface area contributed by atoms with Gasteiger partial charge in [0.25, 0.3) is 0 Å². The van der Waals surface area contributed by atoms with Gasteiger partial charge in [-0.1, -0.05) is 12.2 Å². The number of aliphatic imine (C=N–C) groups is 1. The molecular formula is C8H8N2. The smallest absolute Gasteiger partial charge is 0.0952 e. The van der Waals surface area contributed by atoms with Crippen molar-refractivity contribution in [3.05, 3.63) is 36.7 Å². The molecular weight excluding hydrogens is 124 g/mol. The van der Waals surface area contributed by atoms with Gasteiger partial charge in [0.1, 0.15) is 0 Å². The minimum Gasteiger partial charge on any atom is -0.329 e. The maximum absolute atomic E-state index is 4.00. The molecule has 1 atom stereocenters. The Hall–Kier alpha value is -1.31. The van der Waals surface area contributed by atoms with E-state index in [1.54, 1.807) is 0 Å². The van der Waals surface area contributed by atoms with Crippen LogP contribution in [0.15, 0.2) is 41.7 Å². The monoisotopic (exact) mass is 132 g/mol. The summed E-state index contributed by atoms with van der Waals surface area (Å²) in [6.45, 7) is 0. The second kappa shape index (κ2) is 2.14. The third-order valence-electron chi connectivity index (χ3n) is 1.59. The highest BCUT2D eigenvalue weighted by molar-refractivity contribution is 5.61. The average Bonchev–Trinajstić information content (AvgIpc) is 2.05. The SMILES string of the molecule is C1=CC2C=CN=CN2C=C1. The van der Waals surface area contributed by atoms with Crippen molar-refractivity contribution in [1.29, 1.82) is 0 Å². The van der Waals surface area contributed by atoms with Gasteiger partial charge in [0, 0.05) is 12.4 Å². The minimum absolute atomic E-state index is 0.391. The summed E-state index contributed by atoms with van der Waals surface area (Å²) in [5.74, 6) is 0. The van der Waals surface area contributed by atoms with Gasteiger partial charge in [-0.2, -0.15) is 0 Å². The highest BCUT2D eigenvalue weighted by atomic mass is 15.2. The van der Waals surface area contributed by atoms with E-state index < -0.39 is 0 Å². The van der Waals surface area contributed by atoms with Gasteiger partial charge in [0.15, 0.2) is 0 Å². The lowest BCUT2D eigenvalue weighted by Gasteiger charge is -2.24. The summed E-state index contributed by atoms with van der Waals surface area (Å²) in [6.07, 6.45) is 13.9. The Kier molecular flexibility index (Phi) is 1.17. The first-order valence-corrected chi connectivity index (χ1v) is 3.29. The molecule has 1 unspecified atom stereocenters. The van der Waals surface area contributed by atoms with Crippen molar-refractivity contribution in [2.45, 2.75) is 6.04 Å². The molecule has 2 aliphatic rings. The fourth-order valence-corrected chi connectivity index (χ4v) is 1.06. The van der Waals surface area contributed by atoms with Crippen molar-refractivity contribution in [3.8, 4) is 0 Å².